The molecule has 0 spiro atoms. The average Bonchev–Trinajstić information content (AvgIpc) is 3.16. The quantitative estimate of drug-likeness (QED) is 0.647. The Kier molecular flexibility index (Phi) is 7.96. The second-order valence-corrected chi connectivity index (χ2v) is 8.09. The molecule has 2 rings (SSSR count). The van der Waals surface area contributed by atoms with E-state index in [4.69, 9.17) is 4.42 Å². The fourth-order valence-electron chi connectivity index (χ4n) is 2.16. The summed E-state index contributed by atoms with van der Waals surface area (Å²) >= 11 is 1.55. The number of hydrogen-bond donors (Lipinski definition) is 2. The molecule has 1 amide bonds. The first-order chi connectivity index (χ1) is 12.5. The molecule has 2 aromatic rings. The van der Waals surface area contributed by atoms with E-state index in [0.29, 0.717) is 17.9 Å². The van der Waals surface area contributed by atoms with Gasteiger partial charge in [0.1, 0.15) is 11.8 Å². The van der Waals surface area contributed by atoms with Gasteiger partial charge in [-0.2, -0.15) is 16.5 Å². The van der Waals surface area contributed by atoms with Crippen LogP contribution in [-0.2, 0) is 21.4 Å². The second-order valence-electron chi connectivity index (χ2n) is 5.51. The molecule has 1 aromatic heterocycles. The van der Waals surface area contributed by atoms with Gasteiger partial charge in [-0.05, 0) is 42.2 Å². The van der Waals surface area contributed by atoms with Gasteiger partial charge < -0.3 is 9.73 Å². The molecule has 26 heavy (non-hydrogen) atoms. The number of thioether (sulfide) groups is 1. The summed E-state index contributed by atoms with van der Waals surface area (Å²) < 4.78 is 32.2. The van der Waals surface area contributed by atoms with Crippen LogP contribution >= 0.6 is 11.8 Å². The topological polar surface area (TPSA) is 88.4 Å². The molecule has 0 aliphatic rings. The Hall–Kier alpha value is -2.03. The van der Waals surface area contributed by atoms with E-state index >= 15 is 0 Å². The van der Waals surface area contributed by atoms with E-state index in [-0.39, 0.29) is 12.5 Å². The van der Waals surface area contributed by atoms with Crippen molar-refractivity contribution in [1.82, 2.24) is 10.0 Å². The van der Waals surface area contributed by atoms with Crippen LogP contribution in [0.25, 0.3) is 6.08 Å². The lowest BCUT2D eigenvalue weighted by atomic mass is 10.2. The van der Waals surface area contributed by atoms with Crippen LogP contribution in [-0.4, -0.2) is 32.4 Å². The Morgan fingerprint density at radius 3 is 2.65 bits per heavy atom. The molecule has 1 atom stereocenters. The highest BCUT2D eigenvalue weighted by molar-refractivity contribution is 7.98. The molecule has 0 aliphatic heterocycles. The number of benzene rings is 1. The Bertz CT molecular complexity index is 803. The molecular formula is C18H22N2O4S2. The predicted octanol–water partition coefficient (Wildman–Crippen LogP) is 2.61. The maximum absolute atomic E-state index is 12.4. The number of rotatable bonds is 10. The van der Waals surface area contributed by atoms with E-state index in [1.54, 1.807) is 36.0 Å². The molecule has 140 valence electrons. The van der Waals surface area contributed by atoms with E-state index < -0.39 is 16.1 Å². The van der Waals surface area contributed by atoms with E-state index in [1.807, 2.05) is 24.5 Å². The van der Waals surface area contributed by atoms with Crippen molar-refractivity contribution in [2.45, 2.75) is 19.0 Å². The maximum Gasteiger partial charge on any atom is 0.238 e. The predicted molar refractivity (Wildman–Crippen MR) is 105 cm³/mol. The lowest BCUT2D eigenvalue weighted by Gasteiger charge is -2.16. The van der Waals surface area contributed by atoms with Crippen molar-refractivity contribution in [3.63, 3.8) is 0 Å². The van der Waals surface area contributed by atoms with Crippen LogP contribution in [0.5, 0.6) is 0 Å². The standard InChI is InChI=1S/C18H22N2O4S2/c1-25-12-9-17(18(21)19-14-16-8-5-11-24-16)20-26(22,23)13-10-15-6-3-2-4-7-15/h2-8,10-11,13,17,20H,9,12,14H2,1H3,(H,19,21). The SMILES string of the molecule is CSCCC(NS(=O)(=O)C=Cc1ccccc1)C(=O)NCc1ccco1. The van der Waals surface area contributed by atoms with Gasteiger partial charge in [0.15, 0.2) is 0 Å². The van der Waals surface area contributed by atoms with Gasteiger partial charge in [0, 0.05) is 5.41 Å². The summed E-state index contributed by atoms with van der Waals surface area (Å²) in [6, 6.07) is 11.7. The van der Waals surface area contributed by atoms with Crippen molar-refractivity contribution < 1.29 is 17.6 Å². The van der Waals surface area contributed by atoms with Crippen LogP contribution in [0, 0.1) is 0 Å². The smallest absolute Gasteiger partial charge is 0.238 e. The highest BCUT2D eigenvalue weighted by atomic mass is 32.2. The van der Waals surface area contributed by atoms with Crippen LogP contribution in [0.15, 0.2) is 58.6 Å². The third-order valence-electron chi connectivity index (χ3n) is 3.49. The fourth-order valence-corrected chi connectivity index (χ4v) is 3.67. The molecule has 0 aliphatic carbocycles. The first-order valence-corrected chi connectivity index (χ1v) is 11.0. The number of sulfonamides is 1. The molecule has 2 N–H and O–H groups in total. The zero-order chi connectivity index (χ0) is 18.8. The Balaban J connectivity index is 2.00. The summed E-state index contributed by atoms with van der Waals surface area (Å²) in [6.07, 6.45) is 5.31. The van der Waals surface area contributed by atoms with Gasteiger partial charge in [0.05, 0.1) is 12.8 Å². The summed E-state index contributed by atoms with van der Waals surface area (Å²) in [4.78, 5) is 12.4. The van der Waals surface area contributed by atoms with Crippen LogP contribution in [0.3, 0.4) is 0 Å². The number of furan rings is 1. The van der Waals surface area contributed by atoms with Crippen molar-refractivity contribution >= 4 is 33.8 Å². The van der Waals surface area contributed by atoms with Gasteiger partial charge in [-0.1, -0.05) is 30.3 Å². The molecular weight excluding hydrogens is 372 g/mol. The summed E-state index contributed by atoms with van der Waals surface area (Å²) in [5, 5.41) is 3.78. The van der Waals surface area contributed by atoms with Crippen molar-refractivity contribution in [3.05, 3.63) is 65.5 Å². The largest absolute Gasteiger partial charge is 0.467 e. The molecule has 0 bridgehead atoms. The van der Waals surface area contributed by atoms with E-state index in [1.165, 1.54) is 12.3 Å². The maximum atomic E-state index is 12.4. The molecule has 0 saturated heterocycles. The summed E-state index contributed by atoms with van der Waals surface area (Å²) in [5.74, 6) is 0.880. The summed E-state index contributed by atoms with van der Waals surface area (Å²) in [6.45, 7) is 0.211. The van der Waals surface area contributed by atoms with Crippen molar-refractivity contribution in [3.8, 4) is 0 Å². The third-order valence-corrected chi connectivity index (χ3v) is 5.24. The van der Waals surface area contributed by atoms with Crippen LogP contribution in [0.1, 0.15) is 17.7 Å². The Labute approximate surface area is 158 Å². The Morgan fingerprint density at radius 1 is 1.23 bits per heavy atom. The fraction of sp³-hybridized carbons (Fsp3) is 0.278. The molecule has 1 heterocycles. The van der Waals surface area contributed by atoms with E-state index in [9.17, 15) is 13.2 Å². The minimum atomic E-state index is -3.75. The highest BCUT2D eigenvalue weighted by Crippen LogP contribution is 2.07. The second kappa shape index (κ2) is 10.2. The molecule has 8 heteroatoms. The van der Waals surface area contributed by atoms with Crippen LogP contribution in [0.2, 0.25) is 0 Å². The van der Waals surface area contributed by atoms with Crippen molar-refractivity contribution in [1.29, 1.82) is 0 Å². The summed E-state index contributed by atoms with van der Waals surface area (Å²) in [5.41, 5.74) is 0.765. The number of nitrogens with one attached hydrogen (secondary N) is 2. The molecule has 1 aromatic carbocycles. The number of carbonyl (C=O) groups is 1. The number of amides is 1. The lowest BCUT2D eigenvalue weighted by molar-refractivity contribution is -0.123. The normalized spacial score (nSPS) is 13.0. The first kappa shape index (κ1) is 20.3. The Morgan fingerprint density at radius 2 is 2.00 bits per heavy atom. The summed E-state index contributed by atoms with van der Waals surface area (Å²) in [7, 11) is -3.75. The number of carbonyl (C=O) groups excluding carboxylic acids is 1. The molecule has 0 radical (unpaired) electrons. The average molecular weight is 395 g/mol. The lowest BCUT2D eigenvalue weighted by Crippen LogP contribution is -2.46. The molecule has 1 unspecified atom stereocenters. The minimum absolute atomic E-state index is 0.211. The first-order valence-electron chi connectivity index (χ1n) is 8.04. The van der Waals surface area contributed by atoms with Crippen molar-refractivity contribution in [2.75, 3.05) is 12.0 Å². The van der Waals surface area contributed by atoms with Gasteiger partial charge in [0.2, 0.25) is 15.9 Å². The molecule has 0 fully saturated rings. The van der Waals surface area contributed by atoms with Crippen LogP contribution in [0.4, 0.5) is 0 Å². The third kappa shape index (κ3) is 7.07. The van der Waals surface area contributed by atoms with Gasteiger partial charge in [-0.15, -0.1) is 0 Å². The van der Waals surface area contributed by atoms with E-state index in [0.717, 1.165) is 11.0 Å². The van der Waals surface area contributed by atoms with Crippen LogP contribution < -0.4 is 10.0 Å². The zero-order valence-corrected chi connectivity index (χ0v) is 16.1. The van der Waals surface area contributed by atoms with Gasteiger partial charge >= 0.3 is 0 Å². The van der Waals surface area contributed by atoms with Crippen molar-refractivity contribution in [2.24, 2.45) is 0 Å². The molecule has 6 nitrogen and oxygen atoms in total. The van der Waals surface area contributed by atoms with Gasteiger partial charge in [0.25, 0.3) is 0 Å². The van der Waals surface area contributed by atoms with Gasteiger partial charge in [-0.3, -0.25) is 4.79 Å². The molecule has 0 saturated carbocycles. The minimum Gasteiger partial charge on any atom is -0.467 e. The highest BCUT2D eigenvalue weighted by Gasteiger charge is 2.22. The number of hydrogen-bond acceptors (Lipinski definition) is 5. The van der Waals surface area contributed by atoms with E-state index in [2.05, 4.69) is 10.0 Å². The zero-order valence-electron chi connectivity index (χ0n) is 14.4. The van der Waals surface area contributed by atoms with Gasteiger partial charge in [-0.25, -0.2) is 8.42 Å². The monoisotopic (exact) mass is 394 g/mol.